The van der Waals surface area contributed by atoms with Crippen LogP contribution in [-0.4, -0.2) is 22.3 Å². The van der Waals surface area contributed by atoms with E-state index >= 15 is 0 Å². The Morgan fingerprint density at radius 2 is 1.00 bits per heavy atom. The van der Waals surface area contributed by atoms with Gasteiger partial charge in [-0.15, -0.1) is 0 Å². The van der Waals surface area contributed by atoms with Crippen LogP contribution in [0, 0.1) is 0 Å². The Bertz CT molecular complexity index is 71.2. The van der Waals surface area contributed by atoms with Gasteiger partial charge in [0.25, 0.3) is 0 Å². The number of rotatable bonds is 10. The standard InChI is InChI=1S/C12H25Te/c1-2-3-4-5-6-7-8-9-10-11-12-13/h2-12H2,1H3. The summed E-state index contributed by atoms with van der Waals surface area (Å²) < 4.78 is 1.38. The molecule has 0 nitrogen and oxygen atoms in total. The third-order valence-electron chi connectivity index (χ3n) is 2.50. The van der Waals surface area contributed by atoms with E-state index in [2.05, 4.69) is 29.2 Å². The number of hydrogen-bond donors (Lipinski definition) is 0. The van der Waals surface area contributed by atoms with Gasteiger partial charge in [0.2, 0.25) is 0 Å². The summed E-state index contributed by atoms with van der Waals surface area (Å²) in [5.41, 5.74) is 0. The van der Waals surface area contributed by atoms with E-state index in [1.54, 1.807) is 0 Å². The summed E-state index contributed by atoms with van der Waals surface area (Å²) in [6.07, 6.45) is 14.6. The van der Waals surface area contributed by atoms with Crippen LogP contribution >= 0.6 is 0 Å². The molecule has 0 aromatic carbocycles. The predicted octanol–water partition coefficient (Wildman–Crippen LogP) is 4.49. The van der Waals surface area contributed by atoms with Crippen molar-refractivity contribution in [2.24, 2.45) is 0 Å². The first-order valence-corrected chi connectivity index (χ1v) is 7.64. The average molecular weight is 297 g/mol. The predicted molar refractivity (Wildman–Crippen MR) is 62.4 cm³/mol. The summed E-state index contributed by atoms with van der Waals surface area (Å²) >= 11 is 2.22. The average Bonchev–Trinajstić information content (AvgIpc) is 2.16. The third-order valence-corrected chi connectivity index (χ3v) is 3.32. The minimum atomic E-state index is 1.37. The molecule has 0 aliphatic rings. The second-order valence-corrected chi connectivity index (χ2v) is 5.05. The molecule has 0 amide bonds. The molecule has 0 saturated heterocycles. The van der Waals surface area contributed by atoms with Gasteiger partial charge < -0.3 is 0 Å². The van der Waals surface area contributed by atoms with Crippen molar-refractivity contribution in [3.8, 4) is 0 Å². The number of hydrogen-bond acceptors (Lipinski definition) is 0. The Hall–Kier alpha value is 0.790. The summed E-state index contributed by atoms with van der Waals surface area (Å²) in [4.78, 5) is 0. The normalized spacial score (nSPS) is 10.6. The van der Waals surface area contributed by atoms with E-state index in [1.807, 2.05) is 0 Å². The van der Waals surface area contributed by atoms with E-state index in [9.17, 15) is 0 Å². The maximum atomic E-state index is 2.28. The molecule has 0 saturated carbocycles. The summed E-state index contributed by atoms with van der Waals surface area (Å²) in [6.45, 7) is 2.28. The van der Waals surface area contributed by atoms with Crippen LogP contribution in [0.5, 0.6) is 0 Å². The molecule has 1 radical (unpaired) electrons. The van der Waals surface area contributed by atoms with Crippen molar-refractivity contribution in [2.75, 3.05) is 0 Å². The molecular weight excluding hydrogens is 272 g/mol. The zero-order valence-electron chi connectivity index (χ0n) is 9.19. The fraction of sp³-hybridized carbons (Fsp3) is 1.00. The van der Waals surface area contributed by atoms with Gasteiger partial charge in [-0.25, -0.2) is 0 Å². The van der Waals surface area contributed by atoms with Crippen LogP contribution in [-0.2, 0) is 0 Å². The molecule has 79 valence electrons. The molecule has 0 aliphatic carbocycles. The Labute approximate surface area is 97.8 Å². The Balaban J connectivity index is 2.76. The van der Waals surface area contributed by atoms with Crippen molar-refractivity contribution in [1.82, 2.24) is 0 Å². The van der Waals surface area contributed by atoms with Crippen LogP contribution in [0.15, 0.2) is 0 Å². The molecule has 0 aromatic heterocycles. The maximum absolute atomic E-state index is 2.28. The Kier molecular flexibility index (Phi) is 13.6. The summed E-state index contributed by atoms with van der Waals surface area (Å²) in [5, 5.41) is 0. The molecule has 0 fully saturated rings. The van der Waals surface area contributed by atoms with E-state index in [0.29, 0.717) is 0 Å². The SMILES string of the molecule is CCCCCCCCCCCC[Te]. The van der Waals surface area contributed by atoms with Crippen molar-refractivity contribution in [3.05, 3.63) is 0 Å². The van der Waals surface area contributed by atoms with E-state index in [4.69, 9.17) is 0 Å². The molecule has 0 atom stereocenters. The second kappa shape index (κ2) is 12.8. The van der Waals surface area contributed by atoms with Gasteiger partial charge in [-0.05, 0) is 0 Å². The molecule has 0 aromatic rings. The molecular formula is C12H25Te. The van der Waals surface area contributed by atoms with Gasteiger partial charge in [0, 0.05) is 0 Å². The van der Waals surface area contributed by atoms with Crippen molar-refractivity contribution in [1.29, 1.82) is 0 Å². The third kappa shape index (κ3) is 12.8. The topological polar surface area (TPSA) is 0 Å². The first-order valence-electron chi connectivity index (χ1n) is 6.00. The molecule has 0 heterocycles. The van der Waals surface area contributed by atoms with Gasteiger partial charge >= 0.3 is 97.9 Å². The zero-order valence-corrected chi connectivity index (χ0v) is 11.5. The van der Waals surface area contributed by atoms with Gasteiger partial charge in [-0.1, -0.05) is 0 Å². The fourth-order valence-electron chi connectivity index (χ4n) is 1.59. The quantitative estimate of drug-likeness (QED) is 0.411. The molecule has 0 rings (SSSR count). The van der Waals surface area contributed by atoms with Gasteiger partial charge in [-0.3, -0.25) is 0 Å². The fourth-order valence-corrected chi connectivity index (χ4v) is 2.17. The van der Waals surface area contributed by atoms with E-state index in [-0.39, 0.29) is 0 Å². The first-order chi connectivity index (χ1) is 6.41. The van der Waals surface area contributed by atoms with Crippen LogP contribution in [0.25, 0.3) is 0 Å². The van der Waals surface area contributed by atoms with Crippen LogP contribution in [0.4, 0.5) is 0 Å². The van der Waals surface area contributed by atoms with Gasteiger partial charge in [0.15, 0.2) is 0 Å². The molecule has 0 bridgehead atoms. The summed E-state index contributed by atoms with van der Waals surface area (Å²) in [7, 11) is 0. The molecule has 0 aliphatic heterocycles. The number of unbranched alkanes of at least 4 members (excludes halogenated alkanes) is 9. The summed E-state index contributed by atoms with van der Waals surface area (Å²) in [6, 6.07) is 0. The molecule has 13 heavy (non-hydrogen) atoms. The zero-order chi connectivity index (χ0) is 9.78. The first kappa shape index (κ1) is 13.8. The van der Waals surface area contributed by atoms with Crippen LogP contribution in [0.2, 0.25) is 4.47 Å². The van der Waals surface area contributed by atoms with Crippen LogP contribution < -0.4 is 0 Å². The molecule has 0 N–H and O–H groups in total. The second-order valence-electron chi connectivity index (χ2n) is 3.89. The molecule has 0 unspecified atom stereocenters. The van der Waals surface area contributed by atoms with Gasteiger partial charge in [-0.2, -0.15) is 0 Å². The van der Waals surface area contributed by atoms with Crippen molar-refractivity contribution >= 4 is 22.3 Å². The Morgan fingerprint density at radius 1 is 0.615 bits per heavy atom. The van der Waals surface area contributed by atoms with E-state index in [1.165, 1.54) is 68.7 Å². The van der Waals surface area contributed by atoms with Gasteiger partial charge in [0.05, 0.1) is 0 Å². The van der Waals surface area contributed by atoms with Crippen LogP contribution in [0.1, 0.15) is 71.1 Å². The molecule has 1 heteroatoms. The van der Waals surface area contributed by atoms with Gasteiger partial charge in [0.1, 0.15) is 0 Å². The van der Waals surface area contributed by atoms with Crippen LogP contribution in [0.3, 0.4) is 0 Å². The van der Waals surface area contributed by atoms with E-state index < -0.39 is 0 Å². The van der Waals surface area contributed by atoms with Crippen molar-refractivity contribution in [3.63, 3.8) is 0 Å². The van der Waals surface area contributed by atoms with Crippen molar-refractivity contribution < 1.29 is 0 Å². The van der Waals surface area contributed by atoms with E-state index in [0.717, 1.165) is 0 Å². The minimum absolute atomic E-state index is 1.37. The monoisotopic (exact) mass is 299 g/mol. The molecule has 0 spiro atoms. The van der Waals surface area contributed by atoms with Crippen molar-refractivity contribution in [2.45, 2.75) is 75.6 Å². The Morgan fingerprint density at radius 3 is 1.38 bits per heavy atom. The summed E-state index contributed by atoms with van der Waals surface area (Å²) in [5.74, 6) is 0.